The average Bonchev–Trinajstić information content (AvgIpc) is 2.89. The zero-order valence-corrected chi connectivity index (χ0v) is 22.3. The first-order valence-corrected chi connectivity index (χ1v) is 13.7. The lowest BCUT2D eigenvalue weighted by Crippen LogP contribution is -2.51. The molecule has 3 aromatic rings. The van der Waals surface area contributed by atoms with Crippen LogP contribution in [0.1, 0.15) is 63.0 Å². The summed E-state index contributed by atoms with van der Waals surface area (Å²) in [5, 5.41) is 6.52. The normalized spacial score (nSPS) is 15.0. The van der Waals surface area contributed by atoms with Crippen molar-refractivity contribution in [3.8, 4) is 0 Å². The van der Waals surface area contributed by atoms with Gasteiger partial charge in [-0.1, -0.05) is 97.9 Å². The molecular weight excluding hydrogens is 491 g/mol. The van der Waals surface area contributed by atoms with Crippen molar-refractivity contribution in [3.63, 3.8) is 0 Å². The van der Waals surface area contributed by atoms with Crippen LogP contribution < -0.4 is 5.32 Å². The third kappa shape index (κ3) is 6.41. The lowest BCUT2D eigenvalue weighted by molar-refractivity contribution is -0.141. The highest BCUT2D eigenvalue weighted by Gasteiger charge is 2.31. The number of carbonyl (C=O) groups is 2. The van der Waals surface area contributed by atoms with E-state index in [0.717, 1.165) is 42.0 Å². The van der Waals surface area contributed by atoms with Crippen LogP contribution in [0.4, 0.5) is 0 Å². The van der Waals surface area contributed by atoms with E-state index in [2.05, 4.69) is 29.6 Å². The highest BCUT2D eigenvalue weighted by Crippen LogP contribution is 2.28. The number of hydrogen-bond acceptors (Lipinski definition) is 2. The molecule has 1 aliphatic carbocycles. The summed E-state index contributed by atoms with van der Waals surface area (Å²) >= 11 is 13.0. The van der Waals surface area contributed by atoms with E-state index in [9.17, 15) is 9.59 Å². The van der Waals surface area contributed by atoms with E-state index in [1.807, 2.05) is 25.1 Å². The van der Waals surface area contributed by atoms with Crippen LogP contribution in [0.2, 0.25) is 10.0 Å². The van der Waals surface area contributed by atoms with Crippen molar-refractivity contribution in [1.29, 1.82) is 0 Å². The minimum atomic E-state index is -0.584. The summed E-state index contributed by atoms with van der Waals surface area (Å²) < 4.78 is 0. The molecule has 190 valence electrons. The number of carbonyl (C=O) groups excluding carboxylic acids is 2. The number of fused-ring (bicyclic) bond motifs is 1. The van der Waals surface area contributed by atoms with Gasteiger partial charge in [0.2, 0.25) is 11.8 Å². The summed E-state index contributed by atoms with van der Waals surface area (Å²) in [7, 11) is 0. The van der Waals surface area contributed by atoms with E-state index in [1.54, 1.807) is 23.1 Å². The molecule has 2 amide bonds. The molecular formula is C30H34Cl2N2O2. The first-order valence-electron chi connectivity index (χ1n) is 13.0. The van der Waals surface area contributed by atoms with E-state index in [-0.39, 0.29) is 24.4 Å². The van der Waals surface area contributed by atoms with Crippen molar-refractivity contribution in [3.05, 3.63) is 81.8 Å². The van der Waals surface area contributed by atoms with Crippen molar-refractivity contribution >= 4 is 45.8 Å². The maximum atomic E-state index is 13.7. The average molecular weight is 526 g/mol. The Morgan fingerprint density at radius 3 is 2.33 bits per heavy atom. The Labute approximate surface area is 224 Å². The summed E-state index contributed by atoms with van der Waals surface area (Å²) in [5.74, 6) is -0.171. The molecule has 0 aromatic heterocycles. The zero-order chi connectivity index (χ0) is 25.5. The van der Waals surface area contributed by atoms with Crippen LogP contribution in [0, 0.1) is 0 Å². The number of rotatable bonds is 9. The van der Waals surface area contributed by atoms with Gasteiger partial charge in [-0.25, -0.2) is 0 Å². The van der Waals surface area contributed by atoms with Crippen LogP contribution in [-0.2, 0) is 22.6 Å². The van der Waals surface area contributed by atoms with Crippen LogP contribution in [0.3, 0.4) is 0 Å². The molecule has 0 spiro atoms. The zero-order valence-electron chi connectivity index (χ0n) is 20.8. The predicted octanol–water partition coefficient (Wildman–Crippen LogP) is 7.34. The van der Waals surface area contributed by atoms with Gasteiger partial charge in [0.1, 0.15) is 6.04 Å². The summed E-state index contributed by atoms with van der Waals surface area (Å²) in [6.45, 7) is 2.15. The molecule has 1 fully saturated rings. The number of halogens is 2. The molecule has 0 unspecified atom stereocenters. The van der Waals surface area contributed by atoms with Crippen LogP contribution in [-0.4, -0.2) is 28.8 Å². The Kier molecular flexibility index (Phi) is 9.28. The minimum Gasteiger partial charge on any atom is -0.352 e. The van der Waals surface area contributed by atoms with Crippen LogP contribution in [0.5, 0.6) is 0 Å². The third-order valence-corrected chi connectivity index (χ3v) is 7.92. The van der Waals surface area contributed by atoms with Crippen molar-refractivity contribution in [2.75, 3.05) is 0 Å². The Morgan fingerprint density at radius 2 is 1.61 bits per heavy atom. The van der Waals surface area contributed by atoms with Gasteiger partial charge in [0, 0.05) is 34.6 Å². The Bertz CT molecular complexity index is 1180. The Hall–Kier alpha value is -2.56. The largest absolute Gasteiger partial charge is 0.352 e. The number of nitrogens with one attached hydrogen (secondary N) is 1. The van der Waals surface area contributed by atoms with Gasteiger partial charge in [0.15, 0.2) is 0 Å². The molecule has 4 rings (SSSR count). The topological polar surface area (TPSA) is 49.4 Å². The minimum absolute atomic E-state index is 0.0791. The second-order valence-electron chi connectivity index (χ2n) is 9.63. The lowest BCUT2D eigenvalue weighted by atomic mass is 9.95. The molecule has 0 heterocycles. The second kappa shape index (κ2) is 12.6. The molecule has 1 N–H and O–H groups in total. The molecule has 0 bridgehead atoms. The summed E-state index contributed by atoms with van der Waals surface area (Å²) in [6.07, 6.45) is 6.86. The highest BCUT2D eigenvalue weighted by molar-refractivity contribution is 6.36. The molecule has 6 heteroatoms. The SMILES string of the molecule is CC[C@@H](C(=O)NC1CCCCC1)N(Cc1c(Cl)cccc1Cl)C(=O)CCc1cccc2ccccc12. The lowest BCUT2D eigenvalue weighted by Gasteiger charge is -2.33. The second-order valence-corrected chi connectivity index (χ2v) is 10.4. The molecule has 0 radical (unpaired) electrons. The van der Waals surface area contributed by atoms with Crippen molar-refractivity contribution in [1.82, 2.24) is 10.2 Å². The fourth-order valence-corrected chi connectivity index (χ4v) is 5.73. The fraction of sp³-hybridized carbons (Fsp3) is 0.400. The first kappa shape index (κ1) is 26.5. The first-order chi connectivity index (χ1) is 17.5. The Balaban J connectivity index is 1.57. The quantitative estimate of drug-likeness (QED) is 0.318. The maximum Gasteiger partial charge on any atom is 0.243 e. The van der Waals surface area contributed by atoms with Gasteiger partial charge in [-0.15, -0.1) is 0 Å². The number of benzene rings is 3. The molecule has 0 saturated heterocycles. The standard InChI is InChI=1S/C30H34Cl2N2O2/c1-2-28(30(36)33-23-13-4-3-5-14-23)34(20-25-26(31)16-9-17-27(25)32)29(35)19-18-22-12-8-11-21-10-6-7-15-24(21)22/h6-12,15-17,23,28H,2-5,13-14,18-20H2,1H3,(H,33,36)/t28-/m0/s1. The maximum absolute atomic E-state index is 13.7. The smallest absolute Gasteiger partial charge is 0.243 e. The van der Waals surface area contributed by atoms with Crippen LogP contribution in [0.15, 0.2) is 60.7 Å². The molecule has 4 nitrogen and oxygen atoms in total. The van der Waals surface area contributed by atoms with Gasteiger partial charge in [-0.3, -0.25) is 9.59 Å². The highest BCUT2D eigenvalue weighted by atomic mass is 35.5. The summed E-state index contributed by atoms with van der Waals surface area (Å²) in [6, 6.07) is 19.3. The fourth-order valence-electron chi connectivity index (χ4n) is 5.21. The van der Waals surface area contributed by atoms with Gasteiger partial charge >= 0.3 is 0 Å². The third-order valence-electron chi connectivity index (χ3n) is 7.22. The predicted molar refractivity (Wildman–Crippen MR) is 148 cm³/mol. The van der Waals surface area contributed by atoms with Crippen LogP contribution >= 0.6 is 23.2 Å². The number of nitrogens with zero attached hydrogens (tertiary/aromatic N) is 1. The molecule has 0 aliphatic heterocycles. The van der Waals surface area contributed by atoms with E-state index >= 15 is 0 Å². The number of aryl methyl sites for hydroxylation is 1. The van der Waals surface area contributed by atoms with E-state index in [0.29, 0.717) is 34.9 Å². The van der Waals surface area contributed by atoms with Gasteiger partial charge < -0.3 is 10.2 Å². The van der Waals surface area contributed by atoms with Crippen molar-refractivity contribution in [2.24, 2.45) is 0 Å². The molecule has 3 aromatic carbocycles. The molecule has 36 heavy (non-hydrogen) atoms. The van der Waals surface area contributed by atoms with Gasteiger partial charge in [0.05, 0.1) is 0 Å². The molecule has 1 aliphatic rings. The van der Waals surface area contributed by atoms with E-state index in [1.165, 1.54) is 6.42 Å². The van der Waals surface area contributed by atoms with Crippen LogP contribution in [0.25, 0.3) is 10.8 Å². The van der Waals surface area contributed by atoms with E-state index in [4.69, 9.17) is 23.2 Å². The Morgan fingerprint density at radius 1 is 0.944 bits per heavy atom. The number of hydrogen-bond donors (Lipinski definition) is 1. The monoisotopic (exact) mass is 524 g/mol. The molecule has 1 atom stereocenters. The van der Waals surface area contributed by atoms with Gasteiger partial charge in [0.25, 0.3) is 0 Å². The summed E-state index contributed by atoms with van der Waals surface area (Å²) in [5.41, 5.74) is 1.79. The molecule has 1 saturated carbocycles. The van der Waals surface area contributed by atoms with Crippen molar-refractivity contribution in [2.45, 2.75) is 76.9 Å². The van der Waals surface area contributed by atoms with E-state index < -0.39 is 6.04 Å². The number of amides is 2. The van der Waals surface area contributed by atoms with Crippen molar-refractivity contribution < 1.29 is 9.59 Å². The van der Waals surface area contributed by atoms with Gasteiger partial charge in [-0.05, 0) is 54.2 Å². The summed E-state index contributed by atoms with van der Waals surface area (Å²) in [4.78, 5) is 28.8. The van der Waals surface area contributed by atoms with Gasteiger partial charge in [-0.2, -0.15) is 0 Å².